The molecule has 8 heteroatoms. The van der Waals surface area contributed by atoms with Gasteiger partial charge >= 0.3 is 0 Å². The van der Waals surface area contributed by atoms with Crippen LogP contribution in [0.1, 0.15) is 30.9 Å². The minimum Gasteiger partial charge on any atom is -0.379 e. The summed E-state index contributed by atoms with van der Waals surface area (Å²) < 4.78 is 12.7. The zero-order valence-corrected chi connectivity index (χ0v) is 14.6. The van der Waals surface area contributed by atoms with Gasteiger partial charge in [-0.3, -0.25) is 4.99 Å². The van der Waals surface area contributed by atoms with Crippen molar-refractivity contribution in [3.8, 4) is 0 Å². The standard InChI is InChI=1S/C16H28N6O2/c1-17-16(18-7-8-24-10-12-3-4-12)19-13-5-6-15-20-14(11-23-2)21-22(15)9-13/h12-13H,3-11H2,1-2H3,(H2,17,18,19). The van der Waals surface area contributed by atoms with Crippen LogP contribution in [0.2, 0.25) is 0 Å². The highest BCUT2D eigenvalue weighted by Gasteiger charge is 2.22. The molecule has 0 bridgehead atoms. The number of guanidine groups is 1. The summed E-state index contributed by atoms with van der Waals surface area (Å²) in [6.45, 7) is 3.64. The van der Waals surface area contributed by atoms with E-state index in [9.17, 15) is 0 Å². The Hall–Kier alpha value is -1.67. The van der Waals surface area contributed by atoms with Crippen LogP contribution in [0.25, 0.3) is 0 Å². The third-order valence-electron chi connectivity index (χ3n) is 4.33. The second-order valence-electron chi connectivity index (χ2n) is 6.46. The first-order valence-corrected chi connectivity index (χ1v) is 8.75. The maximum absolute atomic E-state index is 5.64. The molecule has 1 unspecified atom stereocenters. The zero-order chi connectivity index (χ0) is 16.8. The van der Waals surface area contributed by atoms with Gasteiger partial charge in [0, 0.05) is 39.8 Å². The summed E-state index contributed by atoms with van der Waals surface area (Å²) >= 11 is 0. The Kier molecular flexibility index (Phi) is 6.03. The van der Waals surface area contributed by atoms with Crippen molar-refractivity contribution in [2.45, 2.75) is 44.9 Å². The molecule has 134 valence electrons. The van der Waals surface area contributed by atoms with Crippen LogP contribution in [0, 0.1) is 5.92 Å². The van der Waals surface area contributed by atoms with Gasteiger partial charge in [-0.25, -0.2) is 9.67 Å². The number of fused-ring (bicyclic) bond motifs is 1. The summed E-state index contributed by atoms with van der Waals surface area (Å²) in [5, 5.41) is 11.3. The molecule has 1 aliphatic heterocycles. The molecule has 1 aromatic rings. The second kappa shape index (κ2) is 8.43. The van der Waals surface area contributed by atoms with Crippen molar-refractivity contribution in [1.29, 1.82) is 0 Å². The lowest BCUT2D eigenvalue weighted by atomic mass is 10.1. The van der Waals surface area contributed by atoms with Crippen molar-refractivity contribution in [1.82, 2.24) is 25.4 Å². The van der Waals surface area contributed by atoms with Crippen LogP contribution in [-0.4, -0.2) is 60.7 Å². The van der Waals surface area contributed by atoms with E-state index in [1.54, 1.807) is 14.2 Å². The Morgan fingerprint density at radius 3 is 3.00 bits per heavy atom. The topological polar surface area (TPSA) is 85.6 Å². The second-order valence-corrected chi connectivity index (χ2v) is 6.46. The number of rotatable bonds is 8. The van der Waals surface area contributed by atoms with Crippen LogP contribution in [0.3, 0.4) is 0 Å². The monoisotopic (exact) mass is 336 g/mol. The van der Waals surface area contributed by atoms with Crippen molar-refractivity contribution in [3.63, 3.8) is 0 Å². The van der Waals surface area contributed by atoms with E-state index < -0.39 is 0 Å². The van der Waals surface area contributed by atoms with Gasteiger partial charge in [0.15, 0.2) is 11.8 Å². The minimum absolute atomic E-state index is 0.299. The summed E-state index contributed by atoms with van der Waals surface area (Å²) in [5.74, 6) is 3.42. The normalized spacial score (nSPS) is 20.8. The number of methoxy groups -OCH3 is 1. The third-order valence-corrected chi connectivity index (χ3v) is 4.33. The summed E-state index contributed by atoms with van der Waals surface area (Å²) in [7, 11) is 3.45. The van der Waals surface area contributed by atoms with Gasteiger partial charge < -0.3 is 20.1 Å². The number of hydrogen-bond acceptors (Lipinski definition) is 5. The fourth-order valence-corrected chi connectivity index (χ4v) is 2.83. The maximum atomic E-state index is 5.64. The van der Waals surface area contributed by atoms with Gasteiger partial charge in [-0.15, -0.1) is 0 Å². The van der Waals surface area contributed by atoms with Crippen LogP contribution in [0.4, 0.5) is 0 Å². The van der Waals surface area contributed by atoms with E-state index in [0.717, 1.165) is 62.7 Å². The average Bonchev–Trinajstić information content (AvgIpc) is 3.32. The third kappa shape index (κ3) is 4.91. The SMILES string of the molecule is CN=C(NCCOCC1CC1)NC1CCc2nc(COC)nn2C1. The van der Waals surface area contributed by atoms with E-state index in [4.69, 9.17) is 9.47 Å². The first-order chi connectivity index (χ1) is 11.8. The molecular formula is C16H28N6O2. The lowest BCUT2D eigenvalue weighted by Crippen LogP contribution is -2.47. The molecule has 24 heavy (non-hydrogen) atoms. The Labute approximate surface area is 143 Å². The van der Waals surface area contributed by atoms with Crippen LogP contribution in [0.5, 0.6) is 0 Å². The van der Waals surface area contributed by atoms with Crippen molar-refractivity contribution < 1.29 is 9.47 Å². The van der Waals surface area contributed by atoms with Crippen molar-refractivity contribution in [2.75, 3.05) is 33.9 Å². The molecule has 1 aliphatic carbocycles. The Bertz CT molecular complexity index is 555. The molecule has 0 radical (unpaired) electrons. The molecule has 2 aliphatic rings. The van der Waals surface area contributed by atoms with Gasteiger partial charge in [-0.2, -0.15) is 5.10 Å². The minimum atomic E-state index is 0.299. The van der Waals surface area contributed by atoms with E-state index in [2.05, 4.69) is 25.7 Å². The molecule has 8 nitrogen and oxygen atoms in total. The first kappa shape index (κ1) is 17.2. The largest absolute Gasteiger partial charge is 0.379 e. The lowest BCUT2D eigenvalue weighted by Gasteiger charge is -2.25. The van der Waals surface area contributed by atoms with E-state index in [-0.39, 0.29) is 0 Å². The van der Waals surface area contributed by atoms with Crippen LogP contribution in [0.15, 0.2) is 4.99 Å². The molecule has 1 aromatic heterocycles. The first-order valence-electron chi connectivity index (χ1n) is 8.75. The molecule has 2 heterocycles. The van der Waals surface area contributed by atoms with Gasteiger partial charge in [-0.05, 0) is 25.2 Å². The molecule has 1 fully saturated rings. The van der Waals surface area contributed by atoms with Crippen LogP contribution in [-0.2, 0) is 29.0 Å². The highest BCUT2D eigenvalue weighted by Crippen LogP contribution is 2.28. The van der Waals surface area contributed by atoms with Crippen molar-refractivity contribution >= 4 is 5.96 Å². The van der Waals surface area contributed by atoms with E-state index in [0.29, 0.717) is 12.6 Å². The molecule has 3 rings (SSSR count). The highest BCUT2D eigenvalue weighted by molar-refractivity contribution is 5.79. The number of aliphatic imine (C=N–C) groups is 1. The molecule has 0 aromatic carbocycles. The number of nitrogens with zero attached hydrogens (tertiary/aromatic N) is 4. The maximum Gasteiger partial charge on any atom is 0.191 e. The molecule has 0 saturated heterocycles. The predicted octanol–water partition coefficient (Wildman–Crippen LogP) is 0.331. The lowest BCUT2D eigenvalue weighted by molar-refractivity contribution is 0.129. The summed E-state index contributed by atoms with van der Waals surface area (Å²) in [6, 6.07) is 0.299. The van der Waals surface area contributed by atoms with E-state index in [1.807, 2.05) is 4.68 Å². The average molecular weight is 336 g/mol. The van der Waals surface area contributed by atoms with Crippen LogP contribution < -0.4 is 10.6 Å². The Balaban J connectivity index is 1.40. The number of hydrogen-bond donors (Lipinski definition) is 2. The molecule has 1 saturated carbocycles. The number of ether oxygens (including phenoxy) is 2. The summed E-state index contributed by atoms with van der Waals surface area (Å²) in [5.41, 5.74) is 0. The quantitative estimate of drug-likeness (QED) is 0.404. The van der Waals surface area contributed by atoms with E-state index in [1.165, 1.54) is 12.8 Å². The van der Waals surface area contributed by atoms with Crippen LogP contribution >= 0.6 is 0 Å². The Morgan fingerprint density at radius 2 is 2.25 bits per heavy atom. The highest BCUT2D eigenvalue weighted by atomic mass is 16.5. The van der Waals surface area contributed by atoms with Gasteiger partial charge in [0.2, 0.25) is 0 Å². The summed E-state index contributed by atoms with van der Waals surface area (Å²) in [4.78, 5) is 8.79. The molecule has 2 N–H and O–H groups in total. The molecular weight excluding hydrogens is 308 g/mol. The number of aryl methyl sites for hydroxylation is 1. The van der Waals surface area contributed by atoms with Gasteiger partial charge in [0.05, 0.1) is 13.2 Å². The fraction of sp³-hybridized carbons (Fsp3) is 0.812. The fourth-order valence-electron chi connectivity index (χ4n) is 2.83. The van der Waals surface area contributed by atoms with Crippen molar-refractivity contribution in [2.24, 2.45) is 10.9 Å². The van der Waals surface area contributed by atoms with Crippen molar-refractivity contribution in [3.05, 3.63) is 11.6 Å². The zero-order valence-electron chi connectivity index (χ0n) is 14.6. The predicted molar refractivity (Wildman–Crippen MR) is 90.9 cm³/mol. The molecule has 0 spiro atoms. The van der Waals surface area contributed by atoms with Gasteiger partial charge in [0.1, 0.15) is 12.4 Å². The van der Waals surface area contributed by atoms with Gasteiger partial charge in [0.25, 0.3) is 0 Å². The molecule has 0 amide bonds. The number of nitrogens with one attached hydrogen (secondary N) is 2. The van der Waals surface area contributed by atoms with E-state index >= 15 is 0 Å². The number of aromatic nitrogens is 3. The van der Waals surface area contributed by atoms with Gasteiger partial charge in [-0.1, -0.05) is 0 Å². The smallest absolute Gasteiger partial charge is 0.191 e. The molecule has 1 atom stereocenters. The Morgan fingerprint density at radius 1 is 1.38 bits per heavy atom. The summed E-state index contributed by atoms with van der Waals surface area (Å²) in [6.07, 6.45) is 4.59.